The quantitative estimate of drug-likeness (QED) is 0.747. The Morgan fingerprint density at radius 2 is 2.00 bits per heavy atom. The highest BCUT2D eigenvalue weighted by molar-refractivity contribution is 5.40. The molecule has 0 amide bonds. The molecule has 3 heteroatoms. The van der Waals surface area contributed by atoms with Crippen LogP contribution in [-0.4, -0.2) is 27.5 Å². The average molecular weight is 302 g/mol. The van der Waals surface area contributed by atoms with Crippen LogP contribution in [0.4, 0.5) is 0 Å². The Hall–Kier alpha value is -1.06. The van der Waals surface area contributed by atoms with E-state index in [1.54, 1.807) is 0 Å². The van der Waals surface area contributed by atoms with E-state index in [9.17, 15) is 15.3 Å². The van der Waals surface area contributed by atoms with Gasteiger partial charge in [-0.2, -0.15) is 0 Å². The molecule has 5 atom stereocenters. The molecule has 0 spiro atoms. The van der Waals surface area contributed by atoms with E-state index < -0.39 is 5.60 Å². The van der Waals surface area contributed by atoms with E-state index in [0.29, 0.717) is 23.5 Å². The molecule has 3 nitrogen and oxygen atoms in total. The summed E-state index contributed by atoms with van der Waals surface area (Å²) >= 11 is 0. The molecule has 120 valence electrons. The number of phenols is 1. The summed E-state index contributed by atoms with van der Waals surface area (Å²) in [5, 5.41) is 30.3. The van der Waals surface area contributed by atoms with Crippen molar-refractivity contribution < 1.29 is 15.3 Å². The number of hydrogen-bond acceptors (Lipinski definition) is 3. The van der Waals surface area contributed by atoms with Gasteiger partial charge in [-0.05, 0) is 79.5 Å². The summed E-state index contributed by atoms with van der Waals surface area (Å²) in [7, 11) is 0. The first kappa shape index (κ1) is 14.5. The molecule has 0 heterocycles. The van der Waals surface area contributed by atoms with Crippen molar-refractivity contribution in [3.05, 3.63) is 29.3 Å². The van der Waals surface area contributed by atoms with Crippen LogP contribution < -0.4 is 0 Å². The van der Waals surface area contributed by atoms with Crippen LogP contribution in [0.2, 0.25) is 0 Å². The van der Waals surface area contributed by atoms with Gasteiger partial charge in [-0.25, -0.2) is 0 Å². The number of benzene rings is 1. The number of fused-ring (bicyclic) bond motifs is 5. The topological polar surface area (TPSA) is 60.7 Å². The third-order valence-corrected chi connectivity index (χ3v) is 7.29. The van der Waals surface area contributed by atoms with E-state index in [4.69, 9.17) is 0 Å². The lowest BCUT2D eigenvalue weighted by Gasteiger charge is -2.53. The summed E-state index contributed by atoms with van der Waals surface area (Å²) in [6.07, 6.45) is 5.99. The number of hydrogen-bond donors (Lipinski definition) is 3. The van der Waals surface area contributed by atoms with Crippen molar-refractivity contribution in [2.75, 3.05) is 6.61 Å². The number of phenolic OH excluding ortho intramolecular Hbond substituents is 1. The van der Waals surface area contributed by atoms with Crippen LogP contribution in [-0.2, 0) is 6.42 Å². The summed E-state index contributed by atoms with van der Waals surface area (Å²) in [4.78, 5) is 0. The Labute approximate surface area is 132 Å². The Morgan fingerprint density at radius 3 is 2.77 bits per heavy atom. The molecule has 2 saturated carbocycles. The molecule has 1 aromatic carbocycles. The second kappa shape index (κ2) is 4.72. The smallest absolute Gasteiger partial charge is 0.115 e. The van der Waals surface area contributed by atoms with Crippen LogP contribution in [0.25, 0.3) is 0 Å². The molecular formula is C19H26O3. The van der Waals surface area contributed by atoms with Gasteiger partial charge in [-0.1, -0.05) is 13.0 Å². The average Bonchev–Trinajstić information content (AvgIpc) is 2.79. The maximum atomic E-state index is 10.9. The molecule has 0 bridgehead atoms. The van der Waals surface area contributed by atoms with Crippen LogP contribution >= 0.6 is 0 Å². The summed E-state index contributed by atoms with van der Waals surface area (Å²) in [6.45, 7) is 2.09. The molecular weight excluding hydrogens is 276 g/mol. The van der Waals surface area contributed by atoms with Gasteiger partial charge >= 0.3 is 0 Å². The summed E-state index contributed by atoms with van der Waals surface area (Å²) in [6, 6.07) is 5.85. The second-order valence-electron chi connectivity index (χ2n) is 7.98. The van der Waals surface area contributed by atoms with Crippen LogP contribution in [0, 0.1) is 17.3 Å². The minimum Gasteiger partial charge on any atom is -0.508 e. The molecule has 0 radical (unpaired) electrons. The Bertz CT molecular complexity index is 598. The standard InChI is InChI=1S/C19H26O3/c1-18-8-6-15-14-5-3-13(21)10-12(14)2-4-16(15)17(18)7-9-19(18,22)11-20/h3,5,10,15-17,20-22H,2,4,6-9,11H2,1H3/t15-,16-,17+,18+,19-/m1/s1. The number of aromatic hydroxyl groups is 1. The first-order valence-electron chi connectivity index (χ1n) is 8.63. The molecule has 3 aliphatic carbocycles. The summed E-state index contributed by atoms with van der Waals surface area (Å²) < 4.78 is 0. The molecule has 3 N–H and O–H groups in total. The van der Waals surface area contributed by atoms with Crippen molar-refractivity contribution in [3.63, 3.8) is 0 Å². The van der Waals surface area contributed by atoms with E-state index in [-0.39, 0.29) is 12.0 Å². The number of rotatable bonds is 1. The highest BCUT2D eigenvalue weighted by atomic mass is 16.3. The molecule has 0 aliphatic heterocycles. The van der Waals surface area contributed by atoms with E-state index in [2.05, 4.69) is 13.0 Å². The third-order valence-electron chi connectivity index (χ3n) is 7.29. The maximum absolute atomic E-state index is 10.9. The molecule has 3 aliphatic rings. The van der Waals surface area contributed by atoms with Gasteiger partial charge in [0.05, 0.1) is 12.2 Å². The minimum absolute atomic E-state index is 0.109. The zero-order valence-electron chi connectivity index (χ0n) is 13.3. The molecule has 0 saturated heterocycles. The predicted octanol–water partition coefficient (Wildman–Crippen LogP) is 2.97. The normalized spacial score (nSPS) is 43.3. The van der Waals surface area contributed by atoms with E-state index in [0.717, 1.165) is 38.5 Å². The zero-order valence-corrected chi connectivity index (χ0v) is 13.3. The molecule has 0 aromatic heterocycles. The van der Waals surface area contributed by atoms with Crippen LogP contribution in [0.1, 0.15) is 56.1 Å². The van der Waals surface area contributed by atoms with E-state index in [1.807, 2.05) is 12.1 Å². The fraction of sp³-hybridized carbons (Fsp3) is 0.684. The monoisotopic (exact) mass is 302 g/mol. The lowest BCUT2D eigenvalue weighted by Crippen LogP contribution is -2.52. The van der Waals surface area contributed by atoms with E-state index >= 15 is 0 Å². The van der Waals surface area contributed by atoms with Gasteiger partial charge in [0, 0.05) is 5.41 Å². The molecule has 0 unspecified atom stereocenters. The van der Waals surface area contributed by atoms with Crippen molar-refractivity contribution in [1.29, 1.82) is 0 Å². The third kappa shape index (κ3) is 1.75. The lowest BCUT2D eigenvalue weighted by atomic mass is 9.53. The summed E-state index contributed by atoms with van der Waals surface area (Å²) in [5.74, 6) is 2.04. The summed E-state index contributed by atoms with van der Waals surface area (Å²) in [5.41, 5.74) is 1.69. The van der Waals surface area contributed by atoms with Gasteiger partial charge in [0.25, 0.3) is 0 Å². The Balaban J connectivity index is 1.70. The van der Waals surface area contributed by atoms with Crippen molar-refractivity contribution in [1.82, 2.24) is 0 Å². The first-order chi connectivity index (χ1) is 10.5. The SMILES string of the molecule is C[C@]12CC[C@@H]3c4ccc(O)cc4CC[C@H]3[C@@H]1CC[C@@]2(O)CO. The highest BCUT2D eigenvalue weighted by Gasteiger charge is 2.61. The van der Waals surface area contributed by atoms with Gasteiger partial charge in [0.15, 0.2) is 0 Å². The molecule has 22 heavy (non-hydrogen) atoms. The molecule has 1 aromatic rings. The number of aryl methyl sites for hydroxylation is 1. The predicted molar refractivity (Wildman–Crippen MR) is 84.8 cm³/mol. The molecule has 4 rings (SSSR count). The Kier molecular flexibility index (Phi) is 3.11. The van der Waals surface area contributed by atoms with E-state index in [1.165, 1.54) is 11.1 Å². The molecule has 2 fully saturated rings. The zero-order chi connectivity index (χ0) is 15.5. The van der Waals surface area contributed by atoms with Crippen molar-refractivity contribution in [2.24, 2.45) is 17.3 Å². The minimum atomic E-state index is -0.891. The van der Waals surface area contributed by atoms with Crippen LogP contribution in [0.5, 0.6) is 5.75 Å². The fourth-order valence-electron chi connectivity index (χ4n) is 5.94. The van der Waals surface area contributed by atoms with Gasteiger partial charge in [-0.3, -0.25) is 0 Å². The second-order valence-corrected chi connectivity index (χ2v) is 7.98. The highest BCUT2D eigenvalue weighted by Crippen LogP contribution is 2.64. The van der Waals surface area contributed by atoms with Crippen LogP contribution in [0.3, 0.4) is 0 Å². The lowest BCUT2D eigenvalue weighted by molar-refractivity contribution is -0.127. The fourth-order valence-corrected chi connectivity index (χ4v) is 5.94. The van der Waals surface area contributed by atoms with Crippen molar-refractivity contribution in [3.8, 4) is 5.75 Å². The van der Waals surface area contributed by atoms with Crippen LogP contribution in [0.15, 0.2) is 18.2 Å². The first-order valence-corrected chi connectivity index (χ1v) is 8.63. The largest absolute Gasteiger partial charge is 0.508 e. The Morgan fingerprint density at radius 1 is 1.18 bits per heavy atom. The van der Waals surface area contributed by atoms with Gasteiger partial charge in [0.2, 0.25) is 0 Å². The van der Waals surface area contributed by atoms with Crippen molar-refractivity contribution in [2.45, 2.75) is 57.0 Å². The van der Waals surface area contributed by atoms with Gasteiger partial charge < -0.3 is 15.3 Å². The number of aliphatic hydroxyl groups excluding tert-OH is 1. The van der Waals surface area contributed by atoms with Gasteiger partial charge in [0.1, 0.15) is 5.75 Å². The maximum Gasteiger partial charge on any atom is 0.115 e. The van der Waals surface area contributed by atoms with Crippen molar-refractivity contribution >= 4 is 0 Å². The number of aliphatic hydroxyl groups is 2. The van der Waals surface area contributed by atoms with Gasteiger partial charge in [-0.15, -0.1) is 0 Å².